The number of aryl methyl sites for hydroxylation is 1. The van der Waals surface area contributed by atoms with Gasteiger partial charge in [0.25, 0.3) is 0 Å². The van der Waals surface area contributed by atoms with E-state index in [9.17, 15) is 9.59 Å². The Balaban J connectivity index is 1.62. The minimum atomic E-state index is -0.882. The molecule has 2 rings (SSSR count). The van der Waals surface area contributed by atoms with Gasteiger partial charge in [-0.1, -0.05) is 0 Å². The Morgan fingerprint density at radius 2 is 2.30 bits per heavy atom. The Morgan fingerprint density at radius 1 is 1.50 bits per heavy atom. The molecular formula is C12H19N5O3. The number of H-pyrrole nitrogens is 1. The highest BCUT2D eigenvalue weighted by Crippen LogP contribution is 2.33. The summed E-state index contributed by atoms with van der Waals surface area (Å²) < 4.78 is 0. The summed E-state index contributed by atoms with van der Waals surface area (Å²) in [5, 5.41) is 20.8. The van der Waals surface area contributed by atoms with Crippen LogP contribution in [0.15, 0.2) is 6.33 Å². The van der Waals surface area contributed by atoms with Crippen molar-refractivity contribution >= 4 is 12.0 Å². The van der Waals surface area contributed by atoms with Crippen LogP contribution in [0.2, 0.25) is 0 Å². The first-order valence-electron chi connectivity index (χ1n) is 6.75. The third kappa shape index (κ3) is 4.87. The molecule has 1 saturated carbocycles. The summed E-state index contributed by atoms with van der Waals surface area (Å²) in [6.07, 6.45) is 4.86. The van der Waals surface area contributed by atoms with E-state index in [-0.39, 0.29) is 18.5 Å². The minimum Gasteiger partial charge on any atom is -0.481 e. The highest BCUT2D eigenvalue weighted by molar-refractivity contribution is 5.75. The maximum atomic E-state index is 11.7. The van der Waals surface area contributed by atoms with Crippen LogP contribution in [0.5, 0.6) is 0 Å². The number of carbonyl (C=O) groups excluding carboxylic acids is 1. The summed E-state index contributed by atoms with van der Waals surface area (Å²) in [7, 11) is 0. The monoisotopic (exact) mass is 281 g/mol. The largest absolute Gasteiger partial charge is 0.481 e. The van der Waals surface area contributed by atoms with E-state index in [0.29, 0.717) is 18.9 Å². The summed E-state index contributed by atoms with van der Waals surface area (Å²) in [6, 6.07) is -0.567. The van der Waals surface area contributed by atoms with Crippen molar-refractivity contribution in [2.75, 3.05) is 6.54 Å². The number of amides is 2. The lowest BCUT2D eigenvalue weighted by Crippen LogP contribution is -2.44. The number of aliphatic carboxylic acids is 1. The molecule has 0 aliphatic heterocycles. The van der Waals surface area contributed by atoms with Gasteiger partial charge >= 0.3 is 12.0 Å². The zero-order chi connectivity index (χ0) is 14.4. The Bertz CT molecular complexity index is 444. The molecule has 0 spiro atoms. The van der Waals surface area contributed by atoms with Gasteiger partial charge in [-0.15, -0.1) is 0 Å². The summed E-state index contributed by atoms with van der Waals surface area (Å²) in [6.45, 7) is 0.511. The van der Waals surface area contributed by atoms with Gasteiger partial charge in [0, 0.05) is 19.0 Å². The first kappa shape index (κ1) is 14.3. The number of carboxylic acids is 1. The number of aromatic nitrogens is 3. The molecule has 1 aliphatic rings. The first-order chi connectivity index (χ1) is 9.65. The summed E-state index contributed by atoms with van der Waals surface area (Å²) in [4.78, 5) is 26.4. The lowest BCUT2D eigenvalue weighted by atomic mass is 10.1. The molecule has 1 aromatic heterocycles. The van der Waals surface area contributed by atoms with E-state index >= 15 is 0 Å². The van der Waals surface area contributed by atoms with Gasteiger partial charge < -0.3 is 15.7 Å². The predicted octanol–water partition coefficient (Wildman–Crippen LogP) is 0.290. The molecule has 1 unspecified atom stereocenters. The van der Waals surface area contributed by atoms with E-state index in [1.807, 2.05) is 0 Å². The molecule has 4 N–H and O–H groups in total. The van der Waals surface area contributed by atoms with Crippen LogP contribution in [-0.4, -0.2) is 44.9 Å². The zero-order valence-electron chi connectivity index (χ0n) is 11.1. The van der Waals surface area contributed by atoms with E-state index in [1.54, 1.807) is 0 Å². The lowest BCUT2D eigenvalue weighted by molar-refractivity contribution is -0.137. The highest BCUT2D eigenvalue weighted by atomic mass is 16.4. The van der Waals surface area contributed by atoms with E-state index in [1.165, 1.54) is 6.33 Å². The molecule has 1 aliphatic carbocycles. The first-order valence-corrected chi connectivity index (χ1v) is 6.75. The molecule has 8 nitrogen and oxygen atoms in total. The topological polar surface area (TPSA) is 120 Å². The van der Waals surface area contributed by atoms with Crippen molar-refractivity contribution in [1.82, 2.24) is 25.8 Å². The smallest absolute Gasteiger partial charge is 0.315 e. The second kappa shape index (κ2) is 6.88. The number of carbonyl (C=O) groups is 2. The van der Waals surface area contributed by atoms with Crippen molar-refractivity contribution in [3.63, 3.8) is 0 Å². The summed E-state index contributed by atoms with van der Waals surface area (Å²) >= 11 is 0. The number of nitrogens with zero attached hydrogens (tertiary/aromatic N) is 2. The van der Waals surface area contributed by atoms with Crippen molar-refractivity contribution in [2.24, 2.45) is 5.92 Å². The molecule has 1 atom stereocenters. The number of urea groups is 1. The molecule has 0 aromatic carbocycles. The molecule has 110 valence electrons. The van der Waals surface area contributed by atoms with E-state index in [4.69, 9.17) is 5.11 Å². The molecular weight excluding hydrogens is 262 g/mol. The summed E-state index contributed by atoms with van der Waals surface area (Å²) in [5.41, 5.74) is 0. The molecule has 1 aromatic rings. The van der Waals surface area contributed by atoms with Crippen molar-refractivity contribution in [2.45, 2.75) is 38.1 Å². The zero-order valence-corrected chi connectivity index (χ0v) is 11.1. The number of aromatic amines is 1. The quantitative estimate of drug-likeness (QED) is 0.510. The highest BCUT2D eigenvalue weighted by Gasteiger charge is 2.33. The van der Waals surface area contributed by atoms with Crippen LogP contribution in [0.25, 0.3) is 0 Å². The second-order valence-corrected chi connectivity index (χ2v) is 4.98. The normalized spacial score (nSPS) is 15.6. The molecule has 0 bridgehead atoms. The lowest BCUT2D eigenvalue weighted by Gasteiger charge is -2.16. The van der Waals surface area contributed by atoms with Crippen LogP contribution in [0.3, 0.4) is 0 Å². The minimum absolute atomic E-state index is 0.0177. The third-order valence-electron chi connectivity index (χ3n) is 3.24. The molecule has 0 saturated heterocycles. The van der Waals surface area contributed by atoms with Crippen LogP contribution in [-0.2, 0) is 11.2 Å². The SMILES string of the molecule is O=C(O)CC(NC(=O)NCCCc1ncn[nH]1)C1CC1. The summed E-state index contributed by atoms with van der Waals surface area (Å²) in [5.74, 6) is 0.215. The third-order valence-corrected chi connectivity index (χ3v) is 3.24. The molecule has 1 fully saturated rings. The number of carboxylic acid groups (broad SMARTS) is 1. The van der Waals surface area contributed by atoms with Crippen molar-refractivity contribution in [1.29, 1.82) is 0 Å². The number of hydrogen-bond donors (Lipinski definition) is 4. The Hall–Kier alpha value is -2.12. The van der Waals surface area contributed by atoms with Gasteiger partial charge in [-0.25, -0.2) is 9.78 Å². The predicted molar refractivity (Wildman–Crippen MR) is 70.0 cm³/mol. The van der Waals surface area contributed by atoms with Crippen molar-refractivity contribution in [3.8, 4) is 0 Å². The van der Waals surface area contributed by atoms with E-state index < -0.39 is 5.97 Å². The van der Waals surface area contributed by atoms with Gasteiger partial charge in [-0.3, -0.25) is 9.89 Å². The Morgan fingerprint density at radius 3 is 2.90 bits per heavy atom. The average molecular weight is 281 g/mol. The molecule has 2 amide bonds. The van der Waals surface area contributed by atoms with Gasteiger partial charge in [0.05, 0.1) is 6.42 Å². The second-order valence-electron chi connectivity index (χ2n) is 4.98. The van der Waals surface area contributed by atoms with Gasteiger partial charge in [0.2, 0.25) is 0 Å². The van der Waals surface area contributed by atoms with E-state index in [2.05, 4.69) is 25.8 Å². The van der Waals surface area contributed by atoms with Crippen LogP contribution >= 0.6 is 0 Å². The van der Waals surface area contributed by atoms with Gasteiger partial charge in [-0.05, 0) is 25.2 Å². The fraction of sp³-hybridized carbons (Fsp3) is 0.667. The van der Waals surface area contributed by atoms with Crippen LogP contribution in [0, 0.1) is 5.92 Å². The van der Waals surface area contributed by atoms with Crippen LogP contribution in [0.1, 0.15) is 31.5 Å². The fourth-order valence-corrected chi connectivity index (χ4v) is 2.05. The van der Waals surface area contributed by atoms with Crippen LogP contribution < -0.4 is 10.6 Å². The maximum absolute atomic E-state index is 11.7. The maximum Gasteiger partial charge on any atom is 0.315 e. The van der Waals surface area contributed by atoms with Gasteiger partial charge in [0.1, 0.15) is 12.2 Å². The molecule has 20 heavy (non-hydrogen) atoms. The average Bonchev–Trinajstić information content (AvgIpc) is 3.11. The standard InChI is InChI=1S/C12H19N5O3/c18-11(19)6-9(8-3-4-8)16-12(20)13-5-1-2-10-14-7-15-17-10/h7-9H,1-6H2,(H,18,19)(H2,13,16,20)(H,14,15,17). The molecule has 1 heterocycles. The fourth-order valence-electron chi connectivity index (χ4n) is 2.05. The Kier molecular flexibility index (Phi) is 4.91. The Labute approximate surface area is 116 Å². The number of hydrogen-bond acceptors (Lipinski definition) is 4. The van der Waals surface area contributed by atoms with E-state index in [0.717, 1.165) is 25.1 Å². The van der Waals surface area contributed by atoms with Gasteiger partial charge in [0.15, 0.2) is 0 Å². The van der Waals surface area contributed by atoms with Crippen molar-refractivity contribution in [3.05, 3.63) is 12.2 Å². The molecule has 8 heteroatoms. The van der Waals surface area contributed by atoms with Gasteiger partial charge in [-0.2, -0.15) is 5.10 Å². The van der Waals surface area contributed by atoms with Crippen molar-refractivity contribution < 1.29 is 14.7 Å². The number of nitrogens with one attached hydrogen (secondary N) is 3. The molecule has 0 radical (unpaired) electrons. The number of rotatable bonds is 8. The van der Waals surface area contributed by atoms with Crippen LogP contribution in [0.4, 0.5) is 4.79 Å².